The Labute approximate surface area is 243 Å². The van der Waals surface area contributed by atoms with E-state index in [0.717, 1.165) is 44.3 Å². The fourth-order valence-corrected chi connectivity index (χ4v) is 6.72. The van der Waals surface area contributed by atoms with E-state index in [2.05, 4.69) is 113 Å². The van der Waals surface area contributed by atoms with Gasteiger partial charge in [0.25, 0.3) is 0 Å². The average molecular weight is 537 g/mol. The maximum Gasteiger partial charge on any atom is 0.0992 e. The molecule has 0 radical (unpaired) electrons. The summed E-state index contributed by atoms with van der Waals surface area (Å²) in [4.78, 5) is 2.37. The lowest BCUT2D eigenvalue weighted by Crippen LogP contribution is -2.28. The van der Waals surface area contributed by atoms with Crippen molar-refractivity contribution in [2.45, 2.75) is 12.0 Å². The summed E-state index contributed by atoms with van der Waals surface area (Å²) in [7, 11) is 0. The highest BCUT2D eigenvalue weighted by molar-refractivity contribution is 6.09. The summed E-state index contributed by atoms with van der Waals surface area (Å²) >= 11 is 0. The SMILES string of the molecule is N#Cc1cc(-c2cccc(-n3c4ccccc4c4cc(C#N)ccc43)c2)cc(N2c3ccccc3C3C=CC=CC32)c1. The minimum absolute atomic E-state index is 0.163. The molecule has 8 rings (SSSR count). The van der Waals surface area contributed by atoms with Crippen LogP contribution < -0.4 is 4.90 Å². The number of nitriles is 2. The lowest BCUT2D eigenvalue weighted by atomic mass is 9.91. The molecule has 4 nitrogen and oxygen atoms in total. The minimum atomic E-state index is 0.163. The quantitative estimate of drug-likeness (QED) is 0.227. The molecule has 196 valence electrons. The number of para-hydroxylation sites is 2. The van der Waals surface area contributed by atoms with Gasteiger partial charge in [0, 0.05) is 33.8 Å². The van der Waals surface area contributed by atoms with Gasteiger partial charge in [0.2, 0.25) is 0 Å². The first-order valence-corrected chi connectivity index (χ1v) is 14.1. The Bertz CT molecular complexity index is 2200. The number of nitrogens with zero attached hydrogens (tertiary/aromatic N) is 4. The minimum Gasteiger partial charge on any atom is -0.333 e. The van der Waals surface area contributed by atoms with Crippen LogP contribution in [0.2, 0.25) is 0 Å². The van der Waals surface area contributed by atoms with Crippen molar-refractivity contribution in [3.8, 4) is 29.0 Å². The molecule has 0 amide bonds. The zero-order chi connectivity index (χ0) is 28.2. The summed E-state index contributed by atoms with van der Waals surface area (Å²) in [6, 6.07) is 42.3. The van der Waals surface area contributed by atoms with Gasteiger partial charge in [-0.15, -0.1) is 0 Å². The Hall–Kier alpha value is -5.84. The van der Waals surface area contributed by atoms with Crippen molar-refractivity contribution in [3.63, 3.8) is 0 Å². The third-order valence-electron chi connectivity index (χ3n) is 8.52. The van der Waals surface area contributed by atoms with Crippen molar-refractivity contribution < 1.29 is 0 Å². The third-order valence-corrected chi connectivity index (χ3v) is 8.52. The number of fused-ring (bicyclic) bond motifs is 6. The fraction of sp³-hybridized carbons (Fsp3) is 0.0526. The molecule has 0 spiro atoms. The molecule has 0 bridgehead atoms. The number of hydrogen-bond acceptors (Lipinski definition) is 3. The van der Waals surface area contributed by atoms with Crippen LogP contribution in [-0.4, -0.2) is 10.6 Å². The van der Waals surface area contributed by atoms with Gasteiger partial charge in [-0.25, -0.2) is 0 Å². The molecule has 4 heteroatoms. The van der Waals surface area contributed by atoms with Crippen LogP contribution in [0.3, 0.4) is 0 Å². The van der Waals surface area contributed by atoms with Crippen molar-refractivity contribution in [2.75, 3.05) is 4.90 Å². The lowest BCUT2D eigenvalue weighted by Gasteiger charge is -2.29. The monoisotopic (exact) mass is 536 g/mol. The van der Waals surface area contributed by atoms with Gasteiger partial charge < -0.3 is 9.47 Å². The smallest absolute Gasteiger partial charge is 0.0992 e. The van der Waals surface area contributed by atoms with Gasteiger partial charge in [-0.1, -0.05) is 72.8 Å². The van der Waals surface area contributed by atoms with Crippen molar-refractivity contribution in [1.82, 2.24) is 4.57 Å². The Morgan fingerprint density at radius 3 is 2.26 bits per heavy atom. The summed E-state index contributed by atoms with van der Waals surface area (Å²) in [5.41, 5.74) is 9.97. The van der Waals surface area contributed by atoms with E-state index in [1.807, 2.05) is 42.5 Å². The second kappa shape index (κ2) is 9.37. The fourth-order valence-electron chi connectivity index (χ4n) is 6.72. The molecule has 1 aliphatic carbocycles. The molecule has 6 aromatic rings. The summed E-state index contributed by atoms with van der Waals surface area (Å²) in [6.07, 6.45) is 8.76. The van der Waals surface area contributed by atoms with Gasteiger partial charge in [-0.2, -0.15) is 10.5 Å². The Balaban J connectivity index is 1.29. The van der Waals surface area contributed by atoms with Gasteiger partial charge in [0.05, 0.1) is 40.3 Å². The second-order valence-electron chi connectivity index (χ2n) is 10.8. The number of allylic oxidation sites excluding steroid dienone is 2. The standard InChI is InChI=1S/C38H24N4/c39-23-25-16-17-38-34(20-25)33-12-3-6-15-37(33)41(38)29-9-7-8-27(21-29)28-18-26(24-40)19-30(22-28)42-35-13-4-1-10-31(35)32-11-2-5-14-36(32)42/h1-22,31,35H. The molecule has 0 saturated carbocycles. The molecular weight excluding hydrogens is 512 g/mol. The van der Waals surface area contributed by atoms with E-state index < -0.39 is 0 Å². The van der Waals surface area contributed by atoms with Gasteiger partial charge in [-0.05, 0) is 77.4 Å². The summed E-state index contributed by atoms with van der Waals surface area (Å²) in [6.45, 7) is 0. The van der Waals surface area contributed by atoms with Gasteiger partial charge in [0.15, 0.2) is 0 Å². The normalized spacial score (nSPS) is 16.8. The highest BCUT2D eigenvalue weighted by atomic mass is 15.2. The Kier molecular flexibility index (Phi) is 5.36. The molecule has 5 aromatic carbocycles. The molecule has 42 heavy (non-hydrogen) atoms. The van der Waals surface area contributed by atoms with E-state index in [0.29, 0.717) is 11.1 Å². The lowest BCUT2D eigenvalue weighted by molar-refractivity contribution is 0.745. The molecule has 2 heterocycles. The zero-order valence-corrected chi connectivity index (χ0v) is 22.6. The number of rotatable bonds is 3. The van der Waals surface area contributed by atoms with Crippen LogP contribution in [0.25, 0.3) is 38.6 Å². The van der Waals surface area contributed by atoms with E-state index in [1.54, 1.807) is 0 Å². The molecular formula is C38H24N4. The topological polar surface area (TPSA) is 55.8 Å². The van der Waals surface area contributed by atoms with Gasteiger partial charge in [0.1, 0.15) is 0 Å². The van der Waals surface area contributed by atoms with E-state index in [4.69, 9.17) is 0 Å². The number of anilines is 2. The van der Waals surface area contributed by atoms with Crippen LogP contribution in [0.5, 0.6) is 0 Å². The van der Waals surface area contributed by atoms with Gasteiger partial charge in [-0.3, -0.25) is 0 Å². The predicted octanol–water partition coefficient (Wildman–Crippen LogP) is 8.92. The van der Waals surface area contributed by atoms with E-state index in [-0.39, 0.29) is 12.0 Å². The number of aromatic nitrogens is 1. The van der Waals surface area contributed by atoms with Crippen molar-refractivity contribution in [2.24, 2.45) is 0 Å². The molecule has 2 atom stereocenters. The average Bonchev–Trinajstić information content (AvgIpc) is 3.57. The zero-order valence-electron chi connectivity index (χ0n) is 22.6. The maximum absolute atomic E-state index is 10.1. The molecule has 0 saturated heterocycles. The van der Waals surface area contributed by atoms with Crippen LogP contribution in [0.1, 0.15) is 22.6 Å². The van der Waals surface area contributed by atoms with Gasteiger partial charge >= 0.3 is 0 Å². The van der Waals surface area contributed by atoms with Crippen LogP contribution in [0.15, 0.2) is 133 Å². The second-order valence-corrected chi connectivity index (χ2v) is 10.8. The van der Waals surface area contributed by atoms with Crippen LogP contribution in [0, 0.1) is 22.7 Å². The van der Waals surface area contributed by atoms with Crippen LogP contribution in [0.4, 0.5) is 11.4 Å². The third kappa shape index (κ3) is 3.60. The molecule has 0 N–H and O–H groups in total. The predicted molar refractivity (Wildman–Crippen MR) is 169 cm³/mol. The summed E-state index contributed by atoms with van der Waals surface area (Å²) < 4.78 is 2.25. The van der Waals surface area contributed by atoms with Crippen molar-refractivity contribution in [1.29, 1.82) is 10.5 Å². The first-order valence-electron chi connectivity index (χ1n) is 14.1. The highest BCUT2D eigenvalue weighted by Crippen LogP contribution is 2.48. The van der Waals surface area contributed by atoms with E-state index in [1.165, 1.54) is 11.3 Å². The Morgan fingerprint density at radius 1 is 0.571 bits per heavy atom. The first kappa shape index (κ1) is 24.0. The van der Waals surface area contributed by atoms with Crippen LogP contribution in [-0.2, 0) is 0 Å². The highest BCUT2D eigenvalue weighted by Gasteiger charge is 2.37. The van der Waals surface area contributed by atoms with Crippen molar-refractivity contribution in [3.05, 3.63) is 150 Å². The summed E-state index contributed by atoms with van der Waals surface area (Å²) in [5, 5.41) is 21.8. The molecule has 1 aliphatic heterocycles. The molecule has 2 unspecified atom stereocenters. The van der Waals surface area contributed by atoms with Crippen LogP contribution >= 0.6 is 0 Å². The van der Waals surface area contributed by atoms with E-state index in [9.17, 15) is 10.5 Å². The first-order chi connectivity index (χ1) is 20.7. The summed E-state index contributed by atoms with van der Waals surface area (Å²) in [5.74, 6) is 0.278. The molecule has 1 aromatic heterocycles. The number of benzene rings is 5. The molecule has 2 aliphatic rings. The largest absolute Gasteiger partial charge is 0.333 e. The maximum atomic E-state index is 10.1. The van der Waals surface area contributed by atoms with Crippen molar-refractivity contribution >= 4 is 33.2 Å². The number of hydrogen-bond donors (Lipinski definition) is 0. The molecule has 0 fully saturated rings. The van der Waals surface area contributed by atoms with E-state index >= 15 is 0 Å². The Morgan fingerprint density at radius 2 is 1.36 bits per heavy atom.